The highest BCUT2D eigenvalue weighted by molar-refractivity contribution is 5.85. The lowest BCUT2D eigenvalue weighted by atomic mass is 9.93. The fraction of sp³-hybridized carbons (Fsp3) is 0.267. The molecule has 1 fully saturated rings. The van der Waals surface area contributed by atoms with Gasteiger partial charge in [0.15, 0.2) is 0 Å². The maximum Gasteiger partial charge on any atom is 0.0462 e. The van der Waals surface area contributed by atoms with Crippen molar-refractivity contribution in [2.24, 2.45) is 0 Å². The quantitative estimate of drug-likeness (QED) is 0.838. The Hall–Kier alpha value is -2.01. The standard InChI is InChI=1S/C14H15N.CHN/c1-2-5-12-10-14(9-8-11(12)4-1)15-13-6-3-7-13;1-2/h1-2,4-5,8-10,13,15H,3,6-7H2;1H. The molecule has 1 N–H and O–H groups in total. The second kappa shape index (κ2) is 5.36. The molecule has 2 aromatic carbocycles. The minimum Gasteiger partial charge on any atom is -0.382 e. The number of fused-ring (bicyclic) bond motifs is 1. The van der Waals surface area contributed by atoms with Crippen LogP contribution in [0.15, 0.2) is 42.5 Å². The van der Waals surface area contributed by atoms with E-state index >= 15 is 0 Å². The van der Waals surface area contributed by atoms with Crippen LogP contribution in [-0.4, -0.2) is 6.04 Å². The summed E-state index contributed by atoms with van der Waals surface area (Å²) in [6.45, 7) is 3.50. The topological polar surface area (TPSA) is 35.8 Å². The Balaban J connectivity index is 0.000000514. The van der Waals surface area contributed by atoms with Crippen molar-refractivity contribution in [2.75, 3.05) is 5.32 Å². The molecule has 0 atom stereocenters. The molecule has 2 aromatic rings. The van der Waals surface area contributed by atoms with Gasteiger partial charge in [-0.3, -0.25) is 0 Å². The third-order valence-corrected chi connectivity index (χ3v) is 3.23. The summed E-state index contributed by atoms with van der Waals surface area (Å²) in [6, 6.07) is 15.8. The van der Waals surface area contributed by atoms with Crippen molar-refractivity contribution < 1.29 is 0 Å². The average Bonchev–Trinajstić information content (AvgIpc) is 2.36. The monoisotopic (exact) mass is 224 g/mol. The van der Waals surface area contributed by atoms with Gasteiger partial charge in [-0.25, -0.2) is 5.26 Å². The first kappa shape index (κ1) is 11.5. The second-order valence-electron chi connectivity index (χ2n) is 4.33. The van der Waals surface area contributed by atoms with Gasteiger partial charge in [-0.05, 0) is 42.2 Å². The molecule has 0 aliphatic heterocycles. The number of nitrogens with one attached hydrogen (secondary N) is 1. The predicted molar refractivity (Wildman–Crippen MR) is 71.9 cm³/mol. The summed E-state index contributed by atoms with van der Waals surface area (Å²) >= 11 is 0. The van der Waals surface area contributed by atoms with Crippen molar-refractivity contribution in [1.82, 2.24) is 0 Å². The third kappa shape index (κ3) is 2.57. The average molecular weight is 224 g/mol. The number of nitriles is 1. The summed E-state index contributed by atoms with van der Waals surface area (Å²) in [5, 5.41) is 12.7. The van der Waals surface area contributed by atoms with Crippen molar-refractivity contribution in [1.29, 1.82) is 5.26 Å². The molecule has 0 radical (unpaired) electrons. The first-order valence-corrected chi connectivity index (χ1v) is 5.93. The second-order valence-corrected chi connectivity index (χ2v) is 4.33. The van der Waals surface area contributed by atoms with Crippen LogP contribution in [0, 0.1) is 11.8 Å². The van der Waals surface area contributed by atoms with Crippen LogP contribution in [0.3, 0.4) is 0 Å². The number of benzene rings is 2. The van der Waals surface area contributed by atoms with Crippen LogP contribution in [0.1, 0.15) is 19.3 Å². The highest BCUT2D eigenvalue weighted by Gasteiger charge is 2.16. The molecule has 2 nitrogen and oxygen atoms in total. The van der Waals surface area contributed by atoms with E-state index in [1.165, 1.54) is 35.7 Å². The highest BCUT2D eigenvalue weighted by atomic mass is 14.9. The van der Waals surface area contributed by atoms with E-state index in [0.29, 0.717) is 6.04 Å². The van der Waals surface area contributed by atoms with Crippen LogP contribution in [0.4, 0.5) is 5.69 Å². The van der Waals surface area contributed by atoms with Gasteiger partial charge >= 0.3 is 0 Å². The van der Waals surface area contributed by atoms with Gasteiger partial charge in [0.05, 0.1) is 0 Å². The van der Waals surface area contributed by atoms with Crippen LogP contribution in [0.5, 0.6) is 0 Å². The van der Waals surface area contributed by atoms with E-state index < -0.39 is 0 Å². The molecular weight excluding hydrogens is 208 g/mol. The fourth-order valence-corrected chi connectivity index (χ4v) is 2.07. The zero-order valence-corrected chi connectivity index (χ0v) is 9.76. The maximum atomic E-state index is 6.50. The molecule has 0 aromatic heterocycles. The van der Waals surface area contributed by atoms with E-state index in [9.17, 15) is 0 Å². The number of nitrogens with zero attached hydrogens (tertiary/aromatic N) is 1. The molecule has 1 saturated carbocycles. The lowest BCUT2D eigenvalue weighted by molar-refractivity contribution is 0.445. The summed E-state index contributed by atoms with van der Waals surface area (Å²) < 4.78 is 0. The van der Waals surface area contributed by atoms with Crippen molar-refractivity contribution in [2.45, 2.75) is 25.3 Å². The van der Waals surface area contributed by atoms with Crippen molar-refractivity contribution in [3.63, 3.8) is 0 Å². The summed E-state index contributed by atoms with van der Waals surface area (Å²) in [7, 11) is 0. The zero-order chi connectivity index (χ0) is 12.1. The summed E-state index contributed by atoms with van der Waals surface area (Å²) in [4.78, 5) is 0. The van der Waals surface area contributed by atoms with E-state index in [0.717, 1.165) is 0 Å². The summed E-state index contributed by atoms with van der Waals surface area (Å²) in [5.74, 6) is 0. The van der Waals surface area contributed by atoms with Gasteiger partial charge in [0.1, 0.15) is 0 Å². The van der Waals surface area contributed by atoms with E-state index in [-0.39, 0.29) is 0 Å². The fourth-order valence-electron chi connectivity index (χ4n) is 2.07. The van der Waals surface area contributed by atoms with Gasteiger partial charge in [0.2, 0.25) is 0 Å². The Bertz CT molecular complexity index is 512. The van der Waals surface area contributed by atoms with Crippen LogP contribution in [0.25, 0.3) is 10.8 Å². The Labute approximate surface area is 102 Å². The minimum absolute atomic E-state index is 0.714. The third-order valence-electron chi connectivity index (χ3n) is 3.23. The summed E-state index contributed by atoms with van der Waals surface area (Å²) in [5.41, 5.74) is 1.26. The molecule has 0 heterocycles. The lowest BCUT2D eigenvalue weighted by Gasteiger charge is -2.27. The number of hydrogen-bond acceptors (Lipinski definition) is 2. The lowest BCUT2D eigenvalue weighted by Crippen LogP contribution is -2.26. The molecule has 1 aliphatic carbocycles. The van der Waals surface area contributed by atoms with Crippen LogP contribution in [0.2, 0.25) is 0 Å². The Kier molecular flexibility index (Phi) is 3.62. The highest BCUT2D eigenvalue weighted by Crippen LogP contribution is 2.25. The van der Waals surface area contributed by atoms with Gasteiger partial charge < -0.3 is 5.32 Å². The Morgan fingerprint density at radius 1 is 1.00 bits per heavy atom. The van der Waals surface area contributed by atoms with Gasteiger partial charge in [-0.1, -0.05) is 30.3 Å². The summed E-state index contributed by atoms with van der Waals surface area (Å²) in [6.07, 6.45) is 4.03. The minimum atomic E-state index is 0.714. The SMILES string of the molecule is C#N.c1ccc2cc(NC3CCC3)ccc2c1. The molecular formula is C15H16N2. The molecule has 3 rings (SSSR count). The normalized spacial score (nSPS) is 14.5. The van der Waals surface area contributed by atoms with Gasteiger partial charge in [0.25, 0.3) is 0 Å². The van der Waals surface area contributed by atoms with Crippen LogP contribution in [-0.2, 0) is 0 Å². The van der Waals surface area contributed by atoms with E-state index in [2.05, 4.69) is 54.4 Å². The van der Waals surface area contributed by atoms with Crippen molar-refractivity contribution in [3.8, 4) is 6.57 Å². The Morgan fingerprint density at radius 3 is 2.35 bits per heavy atom. The first-order chi connectivity index (χ1) is 8.42. The smallest absolute Gasteiger partial charge is 0.0462 e. The van der Waals surface area contributed by atoms with E-state index in [4.69, 9.17) is 5.26 Å². The molecule has 17 heavy (non-hydrogen) atoms. The van der Waals surface area contributed by atoms with E-state index in [1.54, 1.807) is 0 Å². The van der Waals surface area contributed by atoms with Crippen LogP contribution < -0.4 is 5.32 Å². The van der Waals surface area contributed by atoms with Crippen LogP contribution >= 0.6 is 0 Å². The molecule has 0 bridgehead atoms. The van der Waals surface area contributed by atoms with Gasteiger partial charge in [-0.15, -0.1) is 0 Å². The van der Waals surface area contributed by atoms with Gasteiger partial charge in [-0.2, -0.15) is 0 Å². The number of rotatable bonds is 2. The predicted octanol–water partition coefficient (Wildman–Crippen LogP) is 3.94. The molecule has 86 valence electrons. The molecule has 2 heteroatoms. The molecule has 1 aliphatic rings. The molecule has 0 saturated heterocycles. The maximum absolute atomic E-state index is 6.50. The Morgan fingerprint density at radius 2 is 1.71 bits per heavy atom. The molecule has 0 spiro atoms. The van der Waals surface area contributed by atoms with Crippen molar-refractivity contribution in [3.05, 3.63) is 42.5 Å². The molecule has 0 amide bonds. The van der Waals surface area contributed by atoms with E-state index in [1.807, 2.05) is 0 Å². The zero-order valence-electron chi connectivity index (χ0n) is 9.76. The number of hydrogen-bond donors (Lipinski definition) is 1. The first-order valence-electron chi connectivity index (χ1n) is 5.93. The largest absolute Gasteiger partial charge is 0.382 e. The molecule has 0 unspecified atom stereocenters. The van der Waals surface area contributed by atoms with Crippen molar-refractivity contribution >= 4 is 16.5 Å². The number of anilines is 1. The van der Waals surface area contributed by atoms with Gasteiger partial charge in [0, 0.05) is 18.3 Å².